The van der Waals surface area contributed by atoms with E-state index in [1.54, 1.807) is 11.0 Å². The van der Waals surface area contributed by atoms with Crippen LogP contribution in [0, 0.1) is 17.2 Å². The molecule has 2 amide bonds. The monoisotopic (exact) mass is 272 g/mol. The third kappa shape index (κ3) is 2.77. The predicted molar refractivity (Wildman–Crippen MR) is 71.4 cm³/mol. The molecule has 1 aromatic rings. The Hall–Kier alpha value is -2.42. The smallest absolute Gasteiger partial charge is 0.272 e. The molecule has 0 bridgehead atoms. The molecule has 0 radical (unpaired) electrons. The van der Waals surface area contributed by atoms with Crippen molar-refractivity contribution in [1.82, 2.24) is 9.88 Å². The van der Waals surface area contributed by atoms with Crippen LogP contribution in [0.5, 0.6) is 0 Å². The molecule has 6 nitrogen and oxygen atoms in total. The molecule has 2 heterocycles. The van der Waals surface area contributed by atoms with Gasteiger partial charge >= 0.3 is 0 Å². The Bertz CT molecular complexity index is 562. The van der Waals surface area contributed by atoms with Crippen LogP contribution < -0.4 is 5.73 Å². The maximum Gasteiger partial charge on any atom is 0.272 e. The molecule has 0 aromatic carbocycles. The van der Waals surface area contributed by atoms with Crippen LogP contribution in [-0.2, 0) is 4.79 Å². The lowest BCUT2D eigenvalue weighted by molar-refractivity contribution is -0.123. The van der Waals surface area contributed by atoms with Crippen LogP contribution >= 0.6 is 0 Å². The summed E-state index contributed by atoms with van der Waals surface area (Å²) in [7, 11) is 0. The van der Waals surface area contributed by atoms with Crippen molar-refractivity contribution in [2.24, 2.45) is 11.7 Å². The van der Waals surface area contributed by atoms with Crippen molar-refractivity contribution < 1.29 is 9.59 Å². The number of rotatable bonds is 2. The first-order chi connectivity index (χ1) is 9.52. The summed E-state index contributed by atoms with van der Waals surface area (Å²) in [5.41, 5.74) is 6.01. The summed E-state index contributed by atoms with van der Waals surface area (Å²) in [6, 6.07) is 5.09. The fraction of sp³-hybridized carbons (Fsp3) is 0.429. The second-order valence-corrected chi connectivity index (χ2v) is 5.03. The number of carbonyl (C=O) groups excluding carboxylic acids is 2. The van der Waals surface area contributed by atoms with Gasteiger partial charge in [0, 0.05) is 18.8 Å². The van der Waals surface area contributed by atoms with Gasteiger partial charge in [-0.15, -0.1) is 0 Å². The zero-order chi connectivity index (χ0) is 14.7. The number of primary amides is 1. The highest BCUT2D eigenvalue weighted by molar-refractivity contribution is 5.93. The second kappa shape index (κ2) is 5.70. The number of amides is 2. The SMILES string of the molecule is CC1CCC(C(N)=O)CN1C(=O)c1ccc(C#N)cn1. The molecule has 2 rings (SSSR count). The molecule has 20 heavy (non-hydrogen) atoms. The van der Waals surface area contributed by atoms with E-state index in [4.69, 9.17) is 11.0 Å². The van der Waals surface area contributed by atoms with E-state index in [-0.39, 0.29) is 29.5 Å². The molecule has 1 saturated heterocycles. The van der Waals surface area contributed by atoms with Gasteiger partial charge < -0.3 is 10.6 Å². The summed E-state index contributed by atoms with van der Waals surface area (Å²) in [4.78, 5) is 29.3. The lowest BCUT2D eigenvalue weighted by Crippen LogP contribution is -2.48. The molecule has 2 unspecified atom stereocenters. The molecule has 1 fully saturated rings. The standard InChI is InChI=1S/C14H16N4O2/c1-9-2-4-11(13(16)19)8-18(9)14(20)12-5-3-10(6-15)7-17-12/h3,5,7,9,11H,2,4,8H2,1H3,(H2,16,19). The van der Waals surface area contributed by atoms with Gasteiger partial charge in [0.25, 0.3) is 5.91 Å². The quantitative estimate of drug-likeness (QED) is 0.855. The molecule has 0 spiro atoms. The Morgan fingerprint density at radius 3 is 2.75 bits per heavy atom. The fourth-order valence-electron chi connectivity index (χ4n) is 2.36. The minimum absolute atomic E-state index is 0.0514. The van der Waals surface area contributed by atoms with Crippen molar-refractivity contribution in [2.45, 2.75) is 25.8 Å². The van der Waals surface area contributed by atoms with Gasteiger partial charge in [-0.05, 0) is 31.9 Å². The summed E-state index contributed by atoms with van der Waals surface area (Å²) < 4.78 is 0. The summed E-state index contributed by atoms with van der Waals surface area (Å²) in [5, 5.41) is 8.72. The molecule has 0 aliphatic carbocycles. The van der Waals surface area contributed by atoms with E-state index in [9.17, 15) is 9.59 Å². The van der Waals surface area contributed by atoms with Gasteiger partial charge in [-0.2, -0.15) is 5.26 Å². The largest absolute Gasteiger partial charge is 0.369 e. The van der Waals surface area contributed by atoms with E-state index in [0.29, 0.717) is 18.5 Å². The number of pyridine rings is 1. The first kappa shape index (κ1) is 14.0. The van der Waals surface area contributed by atoms with E-state index in [2.05, 4.69) is 4.98 Å². The number of likely N-dealkylation sites (tertiary alicyclic amines) is 1. The molecule has 104 valence electrons. The Morgan fingerprint density at radius 2 is 2.20 bits per heavy atom. The summed E-state index contributed by atoms with van der Waals surface area (Å²) in [6.45, 7) is 2.27. The molecule has 0 saturated carbocycles. The van der Waals surface area contributed by atoms with Crippen LogP contribution in [0.15, 0.2) is 18.3 Å². The third-order valence-corrected chi connectivity index (χ3v) is 3.66. The predicted octanol–water partition coefficient (Wildman–Crippen LogP) is 0.679. The Balaban J connectivity index is 2.17. The van der Waals surface area contributed by atoms with Gasteiger partial charge in [-0.3, -0.25) is 9.59 Å². The lowest BCUT2D eigenvalue weighted by atomic mass is 9.92. The number of aromatic nitrogens is 1. The van der Waals surface area contributed by atoms with Gasteiger partial charge in [-0.25, -0.2) is 4.98 Å². The number of carbonyl (C=O) groups is 2. The molecule has 2 N–H and O–H groups in total. The van der Waals surface area contributed by atoms with Gasteiger partial charge in [0.05, 0.1) is 11.5 Å². The van der Waals surface area contributed by atoms with Crippen molar-refractivity contribution in [1.29, 1.82) is 5.26 Å². The van der Waals surface area contributed by atoms with Crippen LogP contribution in [-0.4, -0.2) is 34.3 Å². The van der Waals surface area contributed by atoms with Crippen molar-refractivity contribution in [3.05, 3.63) is 29.6 Å². The van der Waals surface area contributed by atoms with Crippen molar-refractivity contribution in [3.8, 4) is 6.07 Å². The van der Waals surface area contributed by atoms with Crippen LogP contribution in [0.4, 0.5) is 0 Å². The van der Waals surface area contributed by atoms with Crippen molar-refractivity contribution in [2.75, 3.05) is 6.54 Å². The van der Waals surface area contributed by atoms with Crippen LogP contribution in [0.1, 0.15) is 35.8 Å². The first-order valence-corrected chi connectivity index (χ1v) is 6.49. The molecular formula is C14H16N4O2. The van der Waals surface area contributed by atoms with Crippen LogP contribution in [0.25, 0.3) is 0 Å². The highest BCUT2D eigenvalue weighted by Gasteiger charge is 2.32. The summed E-state index contributed by atoms with van der Waals surface area (Å²) >= 11 is 0. The van der Waals surface area contributed by atoms with Crippen molar-refractivity contribution >= 4 is 11.8 Å². The maximum atomic E-state index is 12.4. The number of hydrogen-bond donors (Lipinski definition) is 1. The number of nitrogens with two attached hydrogens (primary N) is 1. The molecule has 1 aromatic heterocycles. The number of piperidine rings is 1. The normalized spacial score (nSPS) is 22.1. The Kier molecular flexibility index (Phi) is 3.99. The van der Waals surface area contributed by atoms with E-state index in [0.717, 1.165) is 6.42 Å². The van der Waals surface area contributed by atoms with Gasteiger partial charge in [-0.1, -0.05) is 0 Å². The van der Waals surface area contributed by atoms with E-state index in [1.165, 1.54) is 12.3 Å². The minimum Gasteiger partial charge on any atom is -0.369 e. The molecule has 6 heteroatoms. The Labute approximate surface area is 117 Å². The zero-order valence-electron chi connectivity index (χ0n) is 11.2. The maximum absolute atomic E-state index is 12.4. The number of hydrogen-bond acceptors (Lipinski definition) is 4. The number of nitriles is 1. The van der Waals surface area contributed by atoms with E-state index >= 15 is 0 Å². The topological polar surface area (TPSA) is 100 Å². The van der Waals surface area contributed by atoms with Gasteiger partial charge in [0.2, 0.25) is 5.91 Å². The molecule has 2 atom stereocenters. The van der Waals surface area contributed by atoms with Crippen LogP contribution in [0.3, 0.4) is 0 Å². The zero-order valence-corrected chi connectivity index (χ0v) is 11.2. The summed E-state index contributed by atoms with van der Waals surface area (Å²) in [5.74, 6) is -0.899. The van der Waals surface area contributed by atoms with Crippen LogP contribution in [0.2, 0.25) is 0 Å². The molecule has 1 aliphatic rings. The van der Waals surface area contributed by atoms with E-state index < -0.39 is 0 Å². The highest BCUT2D eigenvalue weighted by atomic mass is 16.2. The highest BCUT2D eigenvalue weighted by Crippen LogP contribution is 2.23. The first-order valence-electron chi connectivity index (χ1n) is 6.49. The third-order valence-electron chi connectivity index (χ3n) is 3.66. The lowest BCUT2D eigenvalue weighted by Gasteiger charge is -2.36. The van der Waals surface area contributed by atoms with Crippen molar-refractivity contribution in [3.63, 3.8) is 0 Å². The number of nitrogens with zero attached hydrogens (tertiary/aromatic N) is 3. The second-order valence-electron chi connectivity index (χ2n) is 5.03. The molecule has 1 aliphatic heterocycles. The minimum atomic E-state index is -0.373. The van der Waals surface area contributed by atoms with E-state index in [1.807, 2.05) is 13.0 Å². The van der Waals surface area contributed by atoms with Gasteiger partial charge in [0.15, 0.2) is 0 Å². The molecular weight excluding hydrogens is 256 g/mol. The average molecular weight is 272 g/mol. The fourth-order valence-corrected chi connectivity index (χ4v) is 2.36. The van der Waals surface area contributed by atoms with Gasteiger partial charge in [0.1, 0.15) is 11.8 Å². The summed E-state index contributed by atoms with van der Waals surface area (Å²) in [6.07, 6.45) is 2.82. The Morgan fingerprint density at radius 1 is 1.45 bits per heavy atom. The average Bonchev–Trinajstić information content (AvgIpc) is 2.47.